The molecule has 1 aliphatic rings. The first kappa shape index (κ1) is 20.7. The number of ether oxygens (including phenoxy) is 2. The Labute approximate surface area is 160 Å². The number of likely N-dealkylation sites (tertiary alicyclic amines) is 1. The second-order valence-electron chi connectivity index (χ2n) is 7.67. The van der Waals surface area contributed by atoms with Crippen LogP contribution in [0.4, 0.5) is 5.69 Å². The van der Waals surface area contributed by atoms with Crippen LogP contribution in [0.25, 0.3) is 0 Å². The summed E-state index contributed by atoms with van der Waals surface area (Å²) in [6.07, 6.45) is 1.10. The predicted molar refractivity (Wildman–Crippen MR) is 101 cm³/mol. The molecule has 7 nitrogen and oxygen atoms in total. The molecule has 0 bridgehead atoms. The van der Waals surface area contributed by atoms with Gasteiger partial charge in [0, 0.05) is 18.5 Å². The van der Waals surface area contributed by atoms with Gasteiger partial charge >= 0.3 is 5.97 Å². The first-order valence-electron chi connectivity index (χ1n) is 9.11. The van der Waals surface area contributed by atoms with Crippen LogP contribution in [-0.2, 0) is 19.1 Å². The molecule has 1 fully saturated rings. The number of methoxy groups -OCH3 is 1. The topological polar surface area (TPSA) is 84.9 Å². The van der Waals surface area contributed by atoms with E-state index in [1.165, 1.54) is 7.11 Å². The number of para-hydroxylation sites is 2. The Kier molecular flexibility index (Phi) is 6.82. The highest BCUT2D eigenvalue weighted by Gasteiger charge is 2.33. The molecular weight excluding hydrogens is 348 g/mol. The standard InChI is InChI=1S/C20H28N2O5/c1-20(2,3)19(25)22-11-9-14(10-12-22)18(24)27-13-17(23)21-15-7-5-6-8-16(15)26-4/h5-8,14H,9-13H2,1-4H3,(H,21,23). The fourth-order valence-corrected chi connectivity index (χ4v) is 2.98. The molecule has 0 radical (unpaired) electrons. The summed E-state index contributed by atoms with van der Waals surface area (Å²) >= 11 is 0. The number of anilines is 1. The van der Waals surface area contributed by atoms with Crippen LogP contribution in [0.5, 0.6) is 5.75 Å². The summed E-state index contributed by atoms with van der Waals surface area (Å²) in [6, 6.07) is 7.01. The summed E-state index contributed by atoms with van der Waals surface area (Å²) in [5, 5.41) is 2.66. The number of piperidine rings is 1. The van der Waals surface area contributed by atoms with Crippen LogP contribution < -0.4 is 10.1 Å². The van der Waals surface area contributed by atoms with Crippen molar-refractivity contribution in [3.8, 4) is 5.75 Å². The normalized spacial score (nSPS) is 15.2. The van der Waals surface area contributed by atoms with Gasteiger partial charge < -0.3 is 19.7 Å². The van der Waals surface area contributed by atoms with Crippen molar-refractivity contribution in [1.82, 2.24) is 4.90 Å². The molecule has 1 heterocycles. The molecule has 0 aliphatic carbocycles. The van der Waals surface area contributed by atoms with E-state index >= 15 is 0 Å². The molecule has 0 aromatic heterocycles. The summed E-state index contributed by atoms with van der Waals surface area (Å²) < 4.78 is 10.3. The monoisotopic (exact) mass is 376 g/mol. The van der Waals surface area contributed by atoms with Crippen molar-refractivity contribution in [2.75, 3.05) is 32.1 Å². The summed E-state index contributed by atoms with van der Waals surface area (Å²) in [7, 11) is 1.52. The van der Waals surface area contributed by atoms with E-state index in [2.05, 4.69) is 5.32 Å². The number of nitrogens with one attached hydrogen (secondary N) is 1. The molecule has 1 aliphatic heterocycles. The van der Waals surface area contributed by atoms with Crippen LogP contribution in [0, 0.1) is 11.3 Å². The number of rotatable bonds is 5. The zero-order valence-corrected chi connectivity index (χ0v) is 16.4. The molecule has 1 N–H and O–H groups in total. The van der Waals surface area contributed by atoms with Crippen LogP contribution in [-0.4, -0.2) is 49.5 Å². The quantitative estimate of drug-likeness (QED) is 0.798. The first-order chi connectivity index (χ1) is 12.7. The van der Waals surface area contributed by atoms with E-state index in [-0.39, 0.29) is 18.4 Å². The van der Waals surface area contributed by atoms with Gasteiger partial charge in [-0.05, 0) is 25.0 Å². The predicted octanol–water partition coefficient (Wildman–Crippen LogP) is 2.46. The van der Waals surface area contributed by atoms with Crippen LogP contribution in [0.15, 0.2) is 24.3 Å². The number of hydrogen-bond acceptors (Lipinski definition) is 5. The molecule has 2 rings (SSSR count). The Morgan fingerprint density at radius 1 is 1.15 bits per heavy atom. The van der Waals surface area contributed by atoms with Crippen LogP contribution in [0.3, 0.4) is 0 Å². The minimum Gasteiger partial charge on any atom is -0.495 e. The van der Waals surface area contributed by atoms with Gasteiger partial charge in [-0.1, -0.05) is 32.9 Å². The molecule has 0 spiro atoms. The fourth-order valence-electron chi connectivity index (χ4n) is 2.98. The van der Waals surface area contributed by atoms with Crippen LogP contribution in [0.1, 0.15) is 33.6 Å². The fraction of sp³-hybridized carbons (Fsp3) is 0.550. The Morgan fingerprint density at radius 3 is 2.37 bits per heavy atom. The Morgan fingerprint density at radius 2 is 1.78 bits per heavy atom. The van der Waals surface area contributed by atoms with Gasteiger partial charge in [0.15, 0.2) is 6.61 Å². The smallest absolute Gasteiger partial charge is 0.309 e. The van der Waals surface area contributed by atoms with Gasteiger partial charge in [0.2, 0.25) is 5.91 Å². The number of carbonyl (C=O) groups excluding carboxylic acids is 3. The van der Waals surface area contributed by atoms with Crippen LogP contribution in [0.2, 0.25) is 0 Å². The molecule has 148 valence electrons. The summed E-state index contributed by atoms with van der Waals surface area (Å²) in [6.45, 7) is 6.37. The number of esters is 1. The van der Waals surface area contributed by atoms with Crippen molar-refractivity contribution in [1.29, 1.82) is 0 Å². The number of nitrogens with zero attached hydrogens (tertiary/aromatic N) is 1. The van der Waals surface area contributed by atoms with Gasteiger partial charge in [-0.25, -0.2) is 0 Å². The maximum Gasteiger partial charge on any atom is 0.309 e. The van der Waals surface area contributed by atoms with Gasteiger partial charge in [-0.2, -0.15) is 0 Å². The zero-order valence-electron chi connectivity index (χ0n) is 16.4. The molecule has 0 unspecified atom stereocenters. The van der Waals surface area contributed by atoms with Crippen molar-refractivity contribution >= 4 is 23.5 Å². The van der Waals surface area contributed by atoms with Gasteiger partial charge in [-0.3, -0.25) is 14.4 Å². The summed E-state index contributed by atoms with van der Waals surface area (Å²) in [5.41, 5.74) is 0.0965. The van der Waals surface area contributed by atoms with Crippen LogP contribution >= 0.6 is 0 Å². The van der Waals surface area contributed by atoms with Gasteiger partial charge in [0.25, 0.3) is 5.91 Å². The van der Waals surface area contributed by atoms with E-state index in [0.29, 0.717) is 37.4 Å². The van der Waals surface area contributed by atoms with Crippen molar-refractivity contribution in [3.05, 3.63) is 24.3 Å². The largest absolute Gasteiger partial charge is 0.495 e. The van der Waals surface area contributed by atoms with Crippen molar-refractivity contribution in [2.45, 2.75) is 33.6 Å². The third kappa shape index (κ3) is 5.70. The van der Waals surface area contributed by atoms with Gasteiger partial charge in [0.05, 0.1) is 18.7 Å². The molecule has 0 atom stereocenters. The Bertz CT molecular complexity index is 688. The number of amides is 2. The minimum atomic E-state index is -0.427. The molecule has 0 saturated carbocycles. The SMILES string of the molecule is COc1ccccc1NC(=O)COC(=O)C1CCN(C(=O)C(C)(C)C)CC1. The van der Waals surface area contributed by atoms with E-state index < -0.39 is 17.3 Å². The van der Waals surface area contributed by atoms with Crippen molar-refractivity contribution in [3.63, 3.8) is 0 Å². The molecule has 1 saturated heterocycles. The van der Waals surface area contributed by atoms with E-state index in [9.17, 15) is 14.4 Å². The first-order valence-corrected chi connectivity index (χ1v) is 9.11. The number of carbonyl (C=O) groups is 3. The lowest BCUT2D eigenvalue weighted by atomic mass is 9.91. The lowest BCUT2D eigenvalue weighted by Crippen LogP contribution is -2.45. The lowest BCUT2D eigenvalue weighted by molar-refractivity contribution is -0.155. The molecule has 2 amide bonds. The maximum absolute atomic E-state index is 12.3. The Balaban J connectivity index is 1.78. The third-order valence-electron chi connectivity index (χ3n) is 4.48. The van der Waals surface area contributed by atoms with Crippen molar-refractivity contribution < 1.29 is 23.9 Å². The van der Waals surface area contributed by atoms with E-state index in [4.69, 9.17) is 9.47 Å². The van der Waals surface area contributed by atoms with E-state index in [1.54, 1.807) is 29.2 Å². The summed E-state index contributed by atoms with van der Waals surface area (Å²) in [5.74, 6) is -0.479. The molecule has 1 aromatic carbocycles. The minimum absolute atomic E-state index is 0.0884. The third-order valence-corrected chi connectivity index (χ3v) is 4.48. The highest BCUT2D eigenvalue weighted by atomic mass is 16.5. The maximum atomic E-state index is 12.3. The zero-order chi connectivity index (χ0) is 20.0. The molecule has 1 aromatic rings. The lowest BCUT2D eigenvalue weighted by Gasteiger charge is -2.34. The molecular formula is C20H28N2O5. The number of benzene rings is 1. The highest BCUT2D eigenvalue weighted by molar-refractivity contribution is 5.94. The average molecular weight is 376 g/mol. The van der Waals surface area contributed by atoms with E-state index in [1.807, 2.05) is 20.8 Å². The summed E-state index contributed by atoms with van der Waals surface area (Å²) in [4.78, 5) is 38.3. The molecule has 27 heavy (non-hydrogen) atoms. The van der Waals surface area contributed by atoms with E-state index in [0.717, 1.165) is 0 Å². The van der Waals surface area contributed by atoms with Gasteiger partial charge in [-0.15, -0.1) is 0 Å². The second-order valence-corrected chi connectivity index (χ2v) is 7.67. The average Bonchev–Trinajstić information content (AvgIpc) is 2.65. The highest BCUT2D eigenvalue weighted by Crippen LogP contribution is 2.25. The second kappa shape index (κ2) is 8.88. The Hall–Kier alpha value is -2.57. The van der Waals surface area contributed by atoms with Crippen molar-refractivity contribution in [2.24, 2.45) is 11.3 Å². The number of hydrogen-bond donors (Lipinski definition) is 1. The van der Waals surface area contributed by atoms with Gasteiger partial charge in [0.1, 0.15) is 5.75 Å². The molecule has 7 heteroatoms.